The van der Waals surface area contributed by atoms with Crippen molar-refractivity contribution in [1.82, 2.24) is 5.32 Å². The maximum absolute atomic E-state index is 12.5. The minimum absolute atomic E-state index is 0.0206. The lowest BCUT2D eigenvalue weighted by Crippen LogP contribution is -2.45. The van der Waals surface area contributed by atoms with Gasteiger partial charge < -0.3 is 20.3 Å². The van der Waals surface area contributed by atoms with Crippen LogP contribution in [0.5, 0.6) is 0 Å². The fraction of sp³-hybridized carbons (Fsp3) is 0.923. The summed E-state index contributed by atoms with van der Waals surface area (Å²) in [5, 5.41) is 23.3. The number of hydrogen-bond donors (Lipinski definition) is 3. The molecule has 498 valence electrons. The van der Waals surface area contributed by atoms with Gasteiger partial charge in [0.05, 0.1) is 25.4 Å². The summed E-state index contributed by atoms with van der Waals surface area (Å²) in [7, 11) is 0. The number of allylic oxidation sites excluding steroid dienone is 3. The molecule has 6 heteroatoms. The average Bonchev–Trinajstić information content (AvgIpc) is 3.51. The van der Waals surface area contributed by atoms with Gasteiger partial charge in [0.15, 0.2) is 0 Å². The van der Waals surface area contributed by atoms with Crippen molar-refractivity contribution in [3.8, 4) is 0 Å². The Morgan fingerprint density at radius 2 is 0.560 bits per heavy atom. The molecule has 0 aliphatic rings. The normalized spacial score (nSPS) is 12.6. The smallest absolute Gasteiger partial charge is 0.305 e. The zero-order chi connectivity index (χ0) is 60.6. The third kappa shape index (κ3) is 69.4. The second-order valence-corrected chi connectivity index (χ2v) is 26.7. The quantitative estimate of drug-likeness (QED) is 0.0320. The molecule has 0 rings (SSSR count). The molecule has 0 heterocycles. The van der Waals surface area contributed by atoms with Crippen LogP contribution >= 0.6 is 0 Å². The molecule has 0 radical (unpaired) electrons. The van der Waals surface area contributed by atoms with Crippen LogP contribution in [0.2, 0.25) is 0 Å². The molecule has 2 atom stereocenters. The van der Waals surface area contributed by atoms with Crippen LogP contribution in [-0.2, 0) is 14.3 Å². The summed E-state index contributed by atoms with van der Waals surface area (Å²) in [6.45, 7) is 4.96. The van der Waals surface area contributed by atoms with Crippen molar-refractivity contribution in [2.24, 2.45) is 0 Å². The first-order chi connectivity index (χ1) is 41.5. The Labute approximate surface area is 526 Å². The third-order valence-corrected chi connectivity index (χ3v) is 18.2. The second kappa shape index (κ2) is 73.8. The Bertz CT molecular complexity index is 1320. The summed E-state index contributed by atoms with van der Waals surface area (Å²) in [5.41, 5.74) is 0. The molecule has 84 heavy (non-hydrogen) atoms. The zero-order valence-corrected chi connectivity index (χ0v) is 57.2. The SMILES string of the molecule is CCCCCCCCCCCCCCCCCCCCCC/C=C/C(O)C(CO)NC(=O)CCCCCCCCCCCCCCC/C=C\CCCCCCCCCCCCCCOC(=O)CCCCCCCCCCCCCCCCCC. The number of carbonyl (C=O) groups is 2. The van der Waals surface area contributed by atoms with Gasteiger partial charge >= 0.3 is 5.97 Å². The van der Waals surface area contributed by atoms with E-state index >= 15 is 0 Å². The zero-order valence-electron chi connectivity index (χ0n) is 57.2. The molecule has 2 unspecified atom stereocenters. The van der Waals surface area contributed by atoms with Crippen LogP contribution in [0.3, 0.4) is 0 Å². The average molecular weight is 1180 g/mol. The topological polar surface area (TPSA) is 95.9 Å². The molecule has 0 aromatic heterocycles. The van der Waals surface area contributed by atoms with Gasteiger partial charge in [-0.2, -0.15) is 0 Å². The standard InChI is InChI=1S/C78H151NO5/c1-3-5-7-9-11-13-15-17-19-21-22-23-33-36-39-42-46-50-54-58-62-66-70-76(81)75(74-80)79-77(82)71-67-63-59-55-51-47-43-40-37-34-31-29-27-25-24-26-28-30-32-35-38-41-45-49-53-57-61-65-69-73-84-78(83)72-68-64-60-56-52-48-44-20-18-16-14-12-10-8-6-4-2/h24,26,66,70,75-76,80-81H,3-23,25,27-65,67-69,71-74H2,1-2H3,(H,79,82)/b26-24-,70-66+. The first-order valence-electron chi connectivity index (χ1n) is 38.6. The fourth-order valence-corrected chi connectivity index (χ4v) is 12.3. The summed E-state index contributed by atoms with van der Waals surface area (Å²) < 4.78 is 5.51. The van der Waals surface area contributed by atoms with E-state index in [1.54, 1.807) is 6.08 Å². The van der Waals surface area contributed by atoms with Crippen LogP contribution in [0.1, 0.15) is 438 Å². The molecule has 0 aliphatic heterocycles. The number of nitrogens with one attached hydrogen (secondary N) is 1. The van der Waals surface area contributed by atoms with E-state index in [9.17, 15) is 19.8 Å². The molecule has 0 aromatic carbocycles. The highest BCUT2D eigenvalue weighted by molar-refractivity contribution is 5.76. The number of carbonyl (C=O) groups excluding carboxylic acids is 2. The van der Waals surface area contributed by atoms with E-state index in [1.807, 2.05) is 6.08 Å². The lowest BCUT2D eigenvalue weighted by atomic mass is 10.0. The monoisotopic (exact) mass is 1180 g/mol. The van der Waals surface area contributed by atoms with Gasteiger partial charge in [-0.3, -0.25) is 9.59 Å². The van der Waals surface area contributed by atoms with Gasteiger partial charge in [-0.1, -0.05) is 391 Å². The minimum Gasteiger partial charge on any atom is -0.466 e. The summed E-state index contributed by atoms with van der Waals surface area (Å²) >= 11 is 0. The molecule has 0 aromatic rings. The van der Waals surface area contributed by atoms with E-state index in [-0.39, 0.29) is 18.5 Å². The number of unbranched alkanes of at least 4 members (excludes halogenated alkanes) is 60. The summed E-state index contributed by atoms with van der Waals surface area (Å²) in [5.74, 6) is -0.0417. The molecule has 1 amide bonds. The Morgan fingerprint density at radius 3 is 0.845 bits per heavy atom. The van der Waals surface area contributed by atoms with Crippen LogP contribution < -0.4 is 5.32 Å². The van der Waals surface area contributed by atoms with Crippen molar-refractivity contribution in [2.75, 3.05) is 13.2 Å². The number of ether oxygens (including phenoxy) is 1. The van der Waals surface area contributed by atoms with Crippen LogP contribution in [-0.4, -0.2) is 47.4 Å². The van der Waals surface area contributed by atoms with Gasteiger partial charge in [0.1, 0.15) is 0 Å². The van der Waals surface area contributed by atoms with E-state index < -0.39 is 12.1 Å². The molecule has 0 bridgehead atoms. The fourth-order valence-electron chi connectivity index (χ4n) is 12.3. The van der Waals surface area contributed by atoms with Crippen molar-refractivity contribution in [3.63, 3.8) is 0 Å². The van der Waals surface area contributed by atoms with Gasteiger partial charge in [-0.15, -0.1) is 0 Å². The number of aliphatic hydroxyl groups excluding tert-OH is 2. The number of esters is 1. The van der Waals surface area contributed by atoms with Crippen LogP contribution in [0, 0.1) is 0 Å². The van der Waals surface area contributed by atoms with Gasteiger partial charge in [0.25, 0.3) is 0 Å². The van der Waals surface area contributed by atoms with Crippen LogP contribution in [0.15, 0.2) is 24.3 Å². The predicted molar refractivity (Wildman–Crippen MR) is 370 cm³/mol. The van der Waals surface area contributed by atoms with E-state index in [0.29, 0.717) is 19.4 Å². The highest BCUT2D eigenvalue weighted by Gasteiger charge is 2.18. The first-order valence-corrected chi connectivity index (χ1v) is 38.6. The molecule has 3 N–H and O–H groups in total. The van der Waals surface area contributed by atoms with E-state index in [2.05, 4.69) is 31.3 Å². The highest BCUT2D eigenvalue weighted by atomic mass is 16.5. The van der Waals surface area contributed by atoms with E-state index in [4.69, 9.17) is 4.74 Å². The van der Waals surface area contributed by atoms with Crippen molar-refractivity contribution in [1.29, 1.82) is 0 Å². The lowest BCUT2D eigenvalue weighted by molar-refractivity contribution is -0.143. The van der Waals surface area contributed by atoms with Gasteiger partial charge in [-0.25, -0.2) is 0 Å². The number of amides is 1. The molecule has 0 saturated carbocycles. The molecular formula is C78H151NO5. The highest BCUT2D eigenvalue weighted by Crippen LogP contribution is 2.19. The number of rotatable bonds is 73. The predicted octanol–water partition coefficient (Wildman–Crippen LogP) is 25.3. The summed E-state index contributed by atoms with van der Waals surface area (Å²) in [4.78, 5) is 24.6. The van der Waals surface area contributed by atoms with Crippen molar-refractivity contribution in [3.05, 3.63) is 24.3 Å². The molecular weight excluding hydrogens is 1030 g/mol. The maximum atomic E-state index is 12.5. The third-order valence-electron chi connectivity index (χ3n) is 18.2. The lowest BCUT2D eigenvalue weighted by Gasteiger charge is -2.20. The molecule has 0 spiro atoms. The minimum atomic E-state index is -0.845. The Balaban J connectivity index is 3.38. The van der Waals surface area contributed by atoms with Crippen molar-refractivity contribution >= 4 is 11.9 Å². The largest absolute Gasteiger partial charge is 0.466 e. The molecule has 0 aliphatic carbocycles. The summed E-state index contributed by atoms with van der Waals surface area (Å²) in [6, 6.07) is -0.628. The van der Waals surface area contributed by atoms with Crippen LogP contribution in [0.25, 0.3) is 0 Å². The maximum Gasteiger partial charge on any atom is 0.305 e. The molecule has 0 fully saturated rings. The Morgan fingerprint density at radius 1 is 0.321 bits per heavy atom. The molecule has 6 nitrogen and oxygen atoms in total. The first kappa shape index (κ1) is 82.3. The Kier molecular flexibility index (Phi) is 72.3. The summed E-state index contributed by atoms with van der Waals surface area (Å²) in [6.07, 6.45) is 94.3. The van der Waals surface area contributed by atoms with Gasteiger partial charge in [0.2, 0.25) is 5.91 Å². The van der Waals surface area contributed by atoms with E-state index in [0.717, 1.165) is 38.5 Å². The second-order valence-electron chi connectivity index (χ2n) is 26.7. The van der Waals surface area contributed by atoms with E-state index in [1.165, 1.54) is 372 Å². The van der Waals surface area contributed by atoms with Gasteiger partial charge in [0, 0.05) is 12.8 Å². The number of hydrogen-bond acceptors (Lipinski definition) is 5. The number of aliphatic hydroxyl groups is 2. The van der Waals surface area contributed by atoms with Gasteiger partial charge in [-0.05, 0) is 57.8 Å². The van der Waals surface area contributed by atoms with Crippen molar-refractivity contribution in [2.45, 2.75) is 450 Å². The van der Waals surface area contributed by atoms with Crippen molar-refractivity contribution < 1.29 is 24.5 Å². The van der Waals surface area contributed by atoms with Crippen LogP contribution in [0.4, 0.5) is 0 Å². The Hall–Kier alpha value is -1.66. The molecule has 0 saturated heterocycles.